The Morgan fingerprint density at radius 1 is 1.18 bits per heavy atom. The molecule has 1 aliphatic rings. The van der Waals surface area contributed by atoms with Crippen molar-refractivity contribution in [3.8, 4) is 5.69 Å². The molecular weight excluding hydrogens is 481 g/mol. The molecular formula is C24H19ClFN3O2S2. The molecule has 5 nitrogen and oxygen atoms in total. The van der Waals surface area contributed by atoms with E-state index < -0.39 is 5.82 Å². The van der Waals surface area contributed by atoms with Crippen molar-refractivity contribution in [2.75, 3.05) is 11.1 Å². The molecule has 5 rings (SSSR count). The van der Waals surface area contributed by atoms with Gasteiger partial charge in [0.15, 0.2) is 5.16 Å². The third-order valence-electron chi connectivity index (χ3n) is 5.48. The van der Waals surface area contributed by atoms with Crippen LogP contribution in [-0.2, 0) is 17.6 Å². The van der Waals surface area contributed by atoms with E-state index >= 15 is 0 Å². The molecule has 0 saturated heterocycles. The van der Waals surface area contributed by atoms with Crippen molar-refractivity contribution in [2.24, 2.45) is 0 Å². The lowest BCUT2D eigenvalue weighted by molar-refractivity contribution is -0.113. The number of benzene rings is 2. The van der Waals surface area contributed by atoms with E-state index in [0.717, 1.165) is 31.2 Å². The second-order valence-electron chi connectivity index (χ2n) is 7.75. The maximum atomic E-state index is 13.7. The van der Waals surface area contributed by atoms with Crippen molar-refractivity contribution in [3.05, 3.63) is 80.2 Å². The van der Waals surface area contributed by atoms with Crippen molar-refractivity contribution < 1.29 is 9.18 Å². The Morgan fingerprint density at radius 2 is 1.97 bits per heavy atom. The number of aryl methyl sites for hydroxylation is 2. The van der Waals surface area contributed by atoms with Gasteiger partial charge in [-0.1, -0.05) is 29.4 Å². The number of halogens is 2. The number of amides is 1. The third kappa shape index (κ3) is 4.55. The van der Waals surface area contributed by atoms with E-state index in [1.165, 1.54) is 34.8 Å². The minimum Gasteiger partial charge on any atom is -0.325 e. The third-order valence-corrected chi connectivity index (χ3v) is 7.86. The Bertz CT molecular complexity index is 1420. The summed E-state index contributed by atoms with van der Waals surface area (Å²) in [6.07, 6.45) is 4.04. The second-order valence-corrected chi connectivity index (χ2v) is 10.2. The van der Waals surface area contributed by atoms with Gasteiger partial charge in [-0.15, -0.1) is 11.3 Å². The van der Waals surface area contributed by atoms with Crippen LogP contribution < -0.4 is 10.9 Å². The van der Waals surface area contributed by atoms with Crippen LogP contribution in [-0.4, -0.2) is 21.2 Å². The molecule has 0 atom stereocenters. The Hall–Kier alpha value is -2.68. The SMILES string of the molecule is O=C(CSc1nc2sc3c(c2c(=O)n1-c1ccc(Cl)cc1)CCCC3)Nc1cccc(F)c1. The average molecular weight is 500 g/mol. The number of anilines is 1. The zero-order valence-electron chi connectivity index (χ0n) is 17.4. The highest BCUT2D eigenvalue weighted by Gasteiger charge is 2.23. The summed E-state index contributed by atoms with van der Waals surface area (Å²) in [7, 11) is 0. The van der Waals surface area contributed by atoms with Crippen molar-refractivity contribution >= 4 is 56.5 Å². The molecule has 2 aromatic carbocycles. The molecule has 0 bridgehead atoms. The van der Waals surface area contributed by atoms with E-state index in [9.17, 15) is 14.0 Å². The summed E-state index contributed by atoms with van der Waals surface area (Å²) in [5, 5.41) is 4.36. The topological polar surface area (TPSA) is 64.0 Å². The Kier molecular flexibility index (Phi) is 6.23. The Labute approximate surface area is 202 Å². The fourth-order valence-electron chi connectivity index (χ4n) is 3.99. The van der Waals surface area contributed by atoms with E-state index in [2.05, 4.69) is 5.32 Å². The molecule has 0 fully saturated rings. The van der Waals surface area contributed by atoms with Crippen LogP contribution in [0.1, 0.15) is 23.3 Å². The molecule has 0 unspecified atom stereocenters. The minimum atomic E-state index is -0.425. The summed E-state index contributed by atoms with van der Waals surface area (Å²) in [5.74, 6) is -0.716. The predicted octanol–water partition coefficient (Wildman–Crippen LogP) is 5.85. The van der Waals surface area contributed by atoms with Crippen molar-refractivity contribution in [1.29, 1.82) is 0 Å². The first kappa shape index (κ1) is 22.1. The van der Waals surface area contributed by atoms with Crippen LogP contribution in [0.25, 0.3) is 15.9 Å². The van der Waals surface area contributed by atoms with Gasteiger partial charge in [0.25, 0.3) is 5.56 Å². The molecule has 2 aromatic heterocycles. The molecule has 0 saturated carbocycles. The van der Waals surface area contributed by atoms with E-state index in [4.69, 9.17) is 16.6 Å². The predicted molar refractivity (Wildman–Crippen MR) is 133 cm³/mol. The minimum absolute atomic E-state index is 0.0210. The van der Waals surface area contributed by atoms with Gasteiger partial charge in [0, 0.05) is 15.6 Å². The lowest BCUT2D eigenvalue weighted by Crippen LogP contribution is -2.23. The Morgan fingerprint density at radius 3 is 2.76 bits per heavy atom. The average Bonchev–Trinajstić information content (AvgIpc) is 3.17. The quantitative estimate of drug-likeness (QED) is 0.276. The summed E-state index contributed by atoms with van der Waals surface area (Å²) in [4.78, 5) is 32.9. The number of carbonyl (C=O) groups is 1. The number of thiophene rings is 1. The summed E-state index contributed by atoms with van der Waals surface area (Å²) in [5.41, 5.74) is 2.00. The molecule has 2 heterocycles. The summed E-state index contributed by atoms with van der Waals surface area (Å²) < 4.78 is 15.0. The van der Waals surface area contributed by atoms with Crippen LogP contribution in [0.15, 0.2) is 58.5 Å². The van der Waals surface area contributed by atoms with E-state index in [1.54, 1.807) is 46.2 Å². The van der Waals surface area contributed by atoms with Gasteiger partial charge in [-0.2, -0.15) is 0 Å². The van der Waals surface area contributed by atoms with Crippen LogP contribution in [0, 0.1) is 5.82 Å². The number of carbonyl (C=O) groups excluding carboxylic acids is 1. The van der Waals surface area contributed by atoms with Gasteiger partial charge >= 0.3 is 0 Å². The van der Waals surface area contributed by atoms with Crippen LogP contribution in [0.3, 0.4) is 0 Å². The zero-order chi connectivity index (χ0) is 22.9. The van der Waals surface area contributed by atoms with E-state index in [-0.39, 0.29) is 17.2 Å². The smallest absolute Gasteiger partial charge is 0.267 e. The highest BCUT2D eigenvalue weighted by Crippen LogP contribution is 2.35. The summed E-state index contributed by atoms with van der Waals surface area (Å²) in [6.45, 7) is 0. The Balaban J connectivity index is 1.52. The van der Waals surface area contributed by atoms with Gasteiger partial charge in [0.05, 0.1) is 16.8 Å². The number of nitrogens with one attached hydrogen (secondary N) is 1. The maximum Gasteiger partial charge on any atom is 0.267 e. The van der Waals surface area contributed by atoms with Crippen LogP contribution in [0.2, 0.25) is 5.02 Å². The molecule has 33 heavy (non-hydrogen) atoms. The number of hydrogen-bond donors (Lipinski definition) is 1. The number of hydrogen-bond acceptors (Lipinski definition) is 5. The molecule has 0 spiro atoms. The molecule has 1 aliphatic carbocycles. The molecule has 168 valence electrons. The van der Waals surface area contributed by atoms with Gasteiger partial charge in [-0.05, 0) is 73.7 Å². The normalized spacial score (nSPS) is 13.2. The van der Waals surface area contributed by atoms with Gasteiger partial charge < -0.3 is 5.32 Å². The molecule has 1 N–H and O–H groups in total. The van der Waals surface area contributed by atoms with Gasteiger partial charge in [0.1, 0.15) is 10.6 Å². The number of fused-ring (bicyclic) bond motifs is 3. The van der Waals surface area contributed by atoms with Crippen LogP contribution in [0.5, 0.6) is 0 Å². The van der Waals surface area contributed by atoms with E-state index in [1.807, 2.05) is 0 Å². The van der Waals surface area contributed by atoms with Gasteiger partial charge in [0.2, 0.25) is 5.91 Å². The lowest BCUT2D eigenvalue weighted by Gasteiger charge is -2.14. The zero-order valence-corrected chi connectivity index (χ0v) is 19.8. The molecule has 0 radical (unpaired) electrons. The van der Waals surface area contributed by atoms with Crippen LogP contribution >= 0.6 is 34.7 Å². The van der Waals surface area contributed by atoms with Crippen LogP contribution in [0.4, 0.5) is 10.1 Å². The molecule has 1 amide bonds. The molecule has 0 aliphatic heterocycles. The van der Waals surface area contributed by atoms with Gasteiger partial charge in [-0.3, -0.25) is 14.2 Å². The van der Waals surface area contributed by atoms with Crippen molar-refractivity contribution in [2.45, 2.75) is 30.8 Å². The largest absolute Gasteiger partial charge is 0.325 e. The highest BCUT2D eigenvalue weighted by molar-refractivity contribution is 7.99. The number of nitrogens with zero attached hydrogens (tertiary/aromatic N) is 2. The second kappa shape index (κ2) is 9.29. The first-order valence-electron chi connectivity index (χ1n) is 10.5. The summed E-state index contributed by atoms with van der Waals surface area (Å²) in [6, 6.07) is 12.7. The van der Waals surface area contributed by atoms with Crippen molar-refractivity contribution in [3.63, 3.8) is 0 Å². The lowest BCUT2D eigenvalue weighted by atomic mass is 9.97. The van der Waals surface area contributed by atoms with E-state index in [0.29, 0.717) is 31.8 Å². The highest BCUT2D eigenvalue weighted by atomic mass is 35.5. The number of aromatic nitrogens is 2. The fraction of sp³-hybridized carbons (Fsp3) is 0.208. The standard InChI is InChI=1S/C24H19ClFN3O2S2/c25-14-8-10-17(11-9-14)29-23(31)21-18-6-1-2-7-19(18)33-22(21)28-24(29)32-13-20(30)27-16-5-3-4-15(26)12-16/h3-5,8-12H,1-2,6-7,13H2,(H,27,30). The first-order valence-corrected chi connectivity index (χ1v) is 12.7. The monoisotopic (exact) mass is 499 g/mol. The first-order chi connectivity index (χ1) is 16.0. The molecule has 4 aromatic rings. The number of thioether (sulfide) groups is 1. The maximum absolute atomic E-state index is 13.7. The number of rotatable bonds is 5. The summed E-state index contributed by atoms with van der Waals surface area (Å²) >= 11 is 8.80. The fourth-order valence-corrected chi connectivity index (χ4v) is 6.24. The van der Waals surface area contributed by atoms with Crippen molar-refractivity contribution in [1.82, 2.24) is 9.55 Å². The van der Waals surface area contributed by atoms with Gasteiger partial charge in [-0.25, -0.2) is 9.37 Å². The molecule has 9 heteroatoms.